The number of rotatable bonds is 6. The van der Waals surface area contributed by atoms with Gasteiger partial charge in [-0.05, 0) is 54.7 Å². The molecule has 0 radical (unpaired) electrons. The van der Waals surface area contributed by atoms with E-state index in [0.29, 0.717) is 10.2 Å². The van der Waals surface area contributed by atoms with Gasteiger partial charge in [-0.3, -0.25) is 0 Å². The molecule has 118 valence electrons. The third-order valence-corrected chi connectivity index (χ3v) is 4.65. The predicted octanol–water partition coefficient (Wildman–Crippen LogP) is 4.21. The standard InChI is InChI=1S/C16H23BrFNO2/c1-4-7-19-15(16(2)6-5-8-21-16)11-9-12(17)13(18)10-14(11)20-3/h9-10,15,19H,4-8H2,1-3H3. The molecule has 3 nitrogen and oxygen atoms in total. The SMILES string of the molecule is CCCNC(c1cc(Br)c(F)cc1OC)C1(C)CCCO1. The van der Waals surface area contributed by atoms with Gasteiger partial charge in [-0.15, -0.1) is 0 Å². The summed E-state index contributed by atoms with van der Waals surface area (Å²) in [6, 6.07) is 3.21. The van der Waals surface area contributed by atoms with Crippen molar-refractivity contribution in [2.75, 3.05) is 20.3 Å². The van der Waals surface area contributed by atoms with Crippen molar-refractivity contribution >= 4 is 15.9 Å². The van der Waals surface area contributed by atoms with Gasteiger partial charge in [0.15, 0.2) is 0 Å². The maximum atomic E-state index is 13.8. The molecule has 1 heterocycles. The Morgan fingerprint density at radius 3 is 2.86 bits per heavy atom. The molecular weight excluding hydrogens is 337 g/mol. The number of nitrogens with one attached hydrogen (secondary N) is 1. The minimum absolute atomic E-state index is 0.0215. The van der Waals surface area contributed by atoms with E-state index in [1.807, 2.05) is 0 Å². The molecule has 2 rings (SSSR count). The number of hydrogen-bond acceptors (Lipinski definition) is 3. The number of hydrogen-bond donors (Lipinski definition) is 1. The van der Waals surface area contributed by atoms with Crippen LogP contribution in [-0.4, -0.2) is 25.9 Å². The fraction of sp³-hybridized carbons (Fsp3) is 0.625. The second-order valence-electron chi connectivity index (χ2n) is 5.66. The number of ether oxygens (including phenoxy) is 2. The molecule has 1 N–H and O–H groups in total. The molecule has 21 heavy (non-hydrogen) atoms. The summed E-state index contributed by atoms with van der Waals surface area (Å²) in [5.41, 5.74) is 0.642. The van der Waals surface area contributed by atoms with Crippen molar-refractivity contribution in [3.8, 4) is 5.75 Å². The quantitative estimate of drug-likeness (QED) is 0.825. The highest BCUT2D eigenvalue weighted by atomic mass is 79.9. The van der Waals surface area contributed by atoms with Crippen LogP contribution in [0.4, 0.5) is 4.39 Å². The Balaban J connectivity index is 2.42. The molecule has 1 aliphatic heterocycles. The van der Waals surface area contributed by atoms with E-state index in [0.717, 1.165) is 38.0 Å². The fourth-order valence-electron chi connectivity index (χ4n) is 2.92. The first-order chi connectivity index (χ1) is 10.0. The highest BCUT2D eigenvalue weighted by Gasteiger charge is 2.40. The number of benzene rings is 1. The minimum atomic E-state index is -0.317. The van der Waals surface area contributed by atoms with Gasteiger partial charge < -0.3 is 14.8 Å². The van der Waals surface area contributed by atoms with Crippen LogP contribution in [-0.2, 0) is 4.74 Å². The van der Waals surface area contributed by atoms with Crippen molar-refractivity contribution in [1.29, 1.82) is 0 Å². The Hall–Kier alpha value is -0.650. The normalized spacial score (nSPS) is 23.3. The number of methoxy groups -OCH3 is 1. The Morgan fingerprint density at radius 2 is 2.29 bits per heavy atom. The molecule has 0 aromatic heterocycles. The van der Waals surface area contributed by atoms with Gasteiger partial charge in [-0.25, -0.2) is 4.39 Å². The van der Waals surface area contributed by atoms with Crippen LogP contribution in [0.1, 0.15) is 44.7 Å². The zero-order valence-corrected chi connectivity index (χ0v) is 14.4. The molecule has 2 unspecified atom stereocenters. The molecule has 1 saturated heterocycles. The van der Waals surface area contributed by atoms with Crippen LogP contribution in [0.25, 0.3) is 0 Å². The topological polar surface area (TPSA) is 30.5 Å². The van der Waals surface area contributed by atoms with E-state index < -0.39 is 0 Å². The fourth-order valence-corrected chi connectivity index (χ4v) is 3.28. The van der Waals surface area contributed by atoms with Crippen LogP contribution >= 0.6 is 15.9 Å². The van der Waals surface area contributed by atoms with Crippen molar-refractivity contribution in [2.45, 2.75) is 44.8 Å². The second kappa shape index (κ2) is 7.07. The summed E-state index contributed by atoms with van der Waals surface area (Å²) in [6.45, 7) is 5.89. The van der Waals surface area contributed by atoms with E-state index in [9.17, 15) is 4.39 Å². The maximum absolute atomic E-state index is 13.8. The second-order valence-corrected chi connectivity index (χ2v) is 6.51. The average Bonchev–Trinajstić information content (AvgIpc) is 2.90. The molecule has 0 amide bonds. The Bertz CT molecular complexity index is 489. The third kappa shape index (κ3) is 3.58. The summed E-state index contributed by atoms with van der Waals surface area (Å²) in [5.74, 6) is 0.239. The van der Waals surface area contributed by atoms with Crippen LogP contribution in [0.15, 0.2) is 16.6 Å². The molecule has 0 aliphatic carbocycles. The molecule has 1 aromatic carbocycles. The third-order valence-electron chi connectivity index (χ3n) is 4.04. The monoisotopic (exact) mass is 359 g/mol. The summed E-state index contributed by atoms with van der Waals surface area (Å²) >= 11 is 3.27. The van der Waals surface area contributed by atoms with Gasteiger partial charge in [0.2, 0.25) is 0 Å². The molecule has 2 atom stereocenters. The molecule has 0 bridgehead atoms. The van der Waals surface area contributed by atoms with E-state index in [-0.39, 0.29) is 17.5 Å². The summed E-state index contributed by atoms with van der Waals surface area (Å²) in [5, 5.41) is 3.54. The summed E-state index contributed by atoms with van der Waals surface area (Å²) < 4.78 is 25.6. The van der Waals surface area contributed by atoms with E-state index in [2.05, 4.69) is 35.1 Å². The van der Waals surface area contributed by atoms with E-state index in [4.69, 9.17) is 9.47 Å². The van der Waals surface area contributed by atoms with Crippen LogP contribution in [0.3, 0.4) is 0 Å². The molecular formula is C16H23BrFNO2. The Labute approximate surface area is 134 Å². The van der Waals surface area contributed by atoms with Crippen LogP contribution in [0.2, 0.25) is 0 Å². The molecule has 1 aliphatic rings. The van der Waals surface area contributed by atoms with E-state index >= 15 is 0 Å². The highest BCUT2D eigenvalue weighted by Crippen LogP contribution is 2.42. The zero-order chi connectivity index (χ0) is 15.5. The summed E-state index contributed by atoms with van der Waals surface area (Å²) in [6.07, 6.45) is 3.05. The lowest BCUT2D eigenvalue weighted by molar-refractivity contribution is -0.0130. The van der Waals surface area contributed by atoms with Crippen LogP contribution in [0.5, 0.6) is 5.75 Å². The Morgan fingerprint density at radius 1 is 1.52 bits per heavy atom. The minimum Gasteiger partial charge on any atom is -0.496 e. The van der Waals surface area contributed by atoms with Gasteiger partial charge in [-0.1, -0.05) is 6.92 Å². The van der Waals surface area contributed by atoms with Crippen LogP contribution in [0, 0.1) is 5.82 Å². The molecule has 5 heteroatoms. The Kier molecular flexibility index (Phi) is 5.63. The van der Waals surface area contributed by atoms with Gasteiger partial charge in [0.1, 0.15) is 11.6 Å². The van der Waals surface area contributed by atoms with Gasteiger partial charge in [0, 0.05) is 18.2 Å². The largest absolute Gasteiger partial charge is 0.496 e. The summed E-state index contributed by atoms with van der Waals surface area (Å²) in [7, 11) is 1.57. The van der Waals surface area contributed by atoms with Gasteiger partial charge >= 0.3 is 0 Å². The maximum Gasteiger partial charge on any atom is 0.141 e. The average molecular weight is 360 g/mol. The highest BCUT2D eigenvalue weighted by molar-refractivity contribution is 9.10. The molecule has 0 spiro atoms. The van der Waals surface area contributed by atoms with Crippen LogP contribution < -0.4 is 10.1 Å². The molecule has 1 fully saturated rings. The lowest BCUT2D eigenvalue weighted by atomic mass is 9.87. The first kappa shape index (κ1) is 16.7. The van der Waals surface area contributed by atoms with Crippen molar-refractivity contribution in [2.24, 2.45) is 0 Å². The molecule has 0 saturated carbocycles. The van der Waals surface area contributed by atoms with Crippen molar-refractivity contribution < 1.29 is 13.9 Å². The summed E-state index contributed by atoms with van der Waals surface area (Å²) in [4.78, 5) is 0. The molecule has 1 aromatic rings. The van der Waals surface area contributed by atoms with Crippen molar-refractivity contribution in [3.05, 3.63) is 28.0 Å². The van der Waals surface area contributed by atoms with Gasteiger partial charge in [-0.2, -0.15) is 0 Å². The van der Waals surface area contributed by atoms with Gasteiger partial charge in [0.25, 0.3) is 0 Å². The smallest absolute Gasteiger partial charge is 0.141 e. The lowest BCUT2D eigenvalue weighted by Gasteiger charge is -2.35. The first-order valence-electron chi connectivity index (χ1n) is 7.42. The van der Waals surface area contributed by atoms with E-state index in [1.165, 1.54) is 6.07 Å². The predicted molar refractivity (Wildman–Crippen MR) is 85.3 cm³/mol. The number of halogens is 2. The van der Waals surface area contributed by atoms with Crippen molar-refractivity contribution in [1.82, 2.24) is 5.32 Å². The van der Waals surface area contributed by atoms with Crippen molar-refractivity contribution in [3.63, 3.8) is 0 Å². The van der Waals surface area contributed by atoms with Gasteiger partial charge in [0.05, 0.1) is 23.2 Å². The zero-order valence-electron chi connectivity index (χ0n) is 12.8. The first-order valence-corrected chi connectivity index (χ1v) is 8.21. The van der Waals surface area contributed by atoms with E-state index in [1.54, 1.807) is 13.2 Å². The lowest BCUT2D eigenvalue weighted by Crippen LogP contribution is -2.41.